The molecular formula is C16H18FN7. The maximum atomic E-state index is 13.0. The zero-order valence-corrected chi connectivity index (χ0v) is 13.7. The molecule has 0 amide bonds. The third-order valence-electron chi connectivity index (χ3n) is 3.52. The second kappa shape index (κ2) is 6.61. The molecule has 0 spiro atoms. The fourth-order valence-electron chi connectivity index (χ4n) is 2.18. The SMILES string of the molecule is Cc1c(NCc2cnc(N(C)C)nc2)nnn1-c1ccc(F)cc1. The quantitative estimate of drug-likeness (QED) is 0.774. The van der Waals surface area contributed by atoms with Crippen LogP contribution in [0.25, 0.3) is 5.69 Å². The van der Waals surface area contributed by atoms with Crippen LogP contribution in [0.15, 0.2) is 36.7 Å². The van der Waals surface area contributed by atoms with Crippen LogP contribution in [0.4, 0.5) is 16.2 Å². The van der Waals surface area contributed by atoms with Gasteiger partial charge in [0.25, 0.3) is 0 Å². The summed E-state index contributed by atoms with van der Waals surface area (Å²) in [6.07, 6.45) is 3.55. The normalized spacial score (nSPS) is 10.7. The molecule has 0 bridgehead atoms. The van der Waals surface area contributed by atoms with E-state index >= 15 is 0 Å². The lowest BCUT2D eigenvalue weighted by Gasteiger charge is -2.10. The van der Waals surface area contributed by atoms with Crippen LogP contribution in [0.1, 0.15) is 11.3 Å². The van der Waals surface area contributed by atoms with Gasteiger partial charge in [-0.2, -0.15) is 0 Å². The third kappa shape index (κ3) is 3.32. The van der Waals surface area contributed by atoms with Crippen molar-refractivity contribution < 1.29 is 4.39 Å². The molecule has 3 aromatic rings. The average Bonchev–Trinajstić information content (AvgIpc) is 2.95. The van der Waals surface area contributed by atoms with Crippen molar-refractivity contribution in [2.45, 2.75) is 13.5 Å². The first-order valence-corrected chi connectivity index (χ1v) is 7.45. The van der Waals surface area contributed by atoms with Gasteiger partial charge >= 0.3 is 0 Å². The lowest BCUT2D eigenvalue weighted by atomic mass is 10.3. The van der Waals surface area contributed by atoms with Crippen LogP contribution in [0, 0.1) is 12.7 Å². The van der Waals surface area contributed by atoms with Crippen LogP contribution in [-0.4, -0.2) is 39.1 Å². The number of hydrogen-bond acceptors (Lipinski definition) is 6. The number of hydrogen-bond donors (Lipinski definition) is 1. The van der Waals surface area contributed by atoms with Gasteiger partial charge < -0.3 is 10.2 Å². The summed E-state index contributed by atoms with van der Waals surface area (Å²) < 4.78 is 14.7. The first-order valence-electron chi connectivity index (χ1n) is 7.45. The number of nitrogens with one attached hydrogen (secondary N) is 1. The Labute approximate surface area is 139 Å². The predicted octanol–water partition coefficient (Wildman–Crippen LogP) is 2.18. The molecule has 3 rings (SSSR count). The summed E-state index contributed by atoms with van der Waals surface area (Å²) >= 11 is 0. The molecule has 0 atom stereocenters. The van der Waals surface area contributed by atoms with E-state index in [1.807, 2.05) is 25.9 Å². The van der Waals surface area contributed by atoms with E-state index in [2.05, 4.69) is 25.6 Å². The molecule has 1 N–H and O–H groups in total. The van der Waals surface area contributed by atoms with E-state index in [1.165, 1.54) is 12.1 Å². The average molecular weight is 327 g/mol. The van der Waals surface area contributed by atoms with Crippen molar-refractivity contribution in [3.05, 3.63) is 53.7 Å². The second-order valence-electron chi connectivity index (χ2n) is 5.55. The van der Waals surface area contributed by atoms with E-state index in [-0.39, 0.29) is 5.82 Å². The van der Waals surface area contributed by atoms with E-state index in [0.717, 1.165) is 16.9 Å². The zero-order chi connectivity index (χ0) is 17.1. The summed E-state index contributed by atoms with van der Waals surface area (Å²) in [5.74, 6) is 1.05. The van der Waals surface area contributed by atoms with Gasteiger partial charge in [0.15, 0.2) is 5.82 Å². The van der Waals surface area contributed by atoms with Gasteiger partial charge in [-0.25, -0.2) is 19.0 Å². The Kier molecular flexibility index (Phi) is 4.37. The smallest absolute Gasteiger partial charge is 0.224 e. The minimum atomic E-state index is -0.281. The van der Waals surface area contributed by atoms with Gasteiger partial charge in [-0.15, -0.1) is 5.10 Å². The number of nitrogens with zero attached hydrogens (tertiary/aromatic N) is 6. The molecule has 0 aliphatic rings. The molecule has 0 aliphatic heterocycles. The van der Waals surface area contributed by atoms with Crippen molar-refractivity contribution >= 4 is 11.8 Å². The largest absolute Gasteiger partial charge is 0.363 e. The van der Waals surface area contributed by atoms with Crippen molar-refractivity contribution in [1.82, 2.24) is 25.0 Å². The Morgan fingerprint density at radius 3 is 2.42 bits per heavy atom. The van der Waals surface area contributed by atoms with Crippen LogP contribution < -0.4 is 10.2 Å². The summed E-state index contributed by atoms with van der Waals surface area (Å²) in [4.78, 5) is 10.4. The standard InChI is InChI=1S/C16H18FN7/c1-11-15(18-8-12-9-19-16(20-10-12)23(2)3)21-22-24(11)14-6-4-13(17)5-7-14/h4-7,9-10,18H,8H2,1-3H3. The minimum absolute atomic E-state index is 0.281. The molecule has 0 fully saturated rings. The van der Waals surface area contributed by atoms with Gasteiger partial charge in [-0.1, -0.05) is 5.21 Å². The van der Waals surface area contributed by atoms with Crippen molar-refractivity contribution in [2.75, 3.05) is 24.3 Å². The zero-order valence-electron chi connectivity index (χ0n) is 13.7. The number of halogens is 1. The van der Waals surface area contributed by atoms with Crippen molar-refractivity contribution in [3.63, 3.8) is 0 Å². The van der Waals surface area contributed by atoms with Gasteiger partial charge in [0.1, 0.15) is 5.82 Å². The summed E-state index contributed by atoms with van der Waals surface area (Å²) in [5.41, 5.74) is 2.54. The van der Waals surface area contributed by atoms with Crippen LogP contribution >= 0.6 is 0 Å². The lowest BCUT2D eigenvalue weighted by molar-refractivity contribution is 0.626. The maximum absolute atomic E-state index is 13.0. The van der Waals surface area contributed by atoms with Crippen LogP contribution in [-0.2, 0) is 6.54 Å². The van der Waals surface area contributed by atoms with Crippen LogP contribution in [0.3, 0.4) is 0 Å². The Hall–Kier alpha value is -3.03. The number of aromatic nitrogens is 5. The number of anilines is 2. The van der Waals surface area contributed by atoms with Gasteiger partial charge in [0, 0.05) is 38.6 Å². The maximum Gasteiger partial charge on any atom is 0.224 e. The Morgan fingerprint density at radius 2 is 1.79 bits per heavy atom. The van der Waals surface area contributed by atoms with Crippen LogP contribution in [0.5, 0.6) is 0 Å². The summed E-state index contributed by atoms with van der Waals surface area (Å²) in [5, 5.41) is 11.5. The van der Waals surface area contributed by atoms with Gasteiger partial charge in [0.2, 0.25) is 5.95 Å². The number of benzene rings is 1. The van der Waals surface area contributed by atoms with Crippen molar-refractivity contribution in [2.24, 2.45) is 0 Å². The second-order valence-corrected chi connectivity index (χ2v) is 5.55. The van der Waals surface area contributed by atoms with Crippen LogP contribution in [0.2, 0.25) is 0 Å². The molecule has 0 aliphatic carbocycles. The predicted molar refractivity (Wildman–Crippen MR) is 89.7 cm³/mol. The van der Waals surface area contributed by atoms with Gasteiger partial charge in [-0.3, -0.25) is 0 Å². The Bertz CT molecular complexity index is 809. The molecule has 0 saturated carbocycles. The van der Waals surface area contributed by atoms with E-state index in [0.29, 0.717) is 18.3 Å². The fraction of sp³-hybridized carbons (Fsp3) is 0.250. The highest BCUT2D eigenvalue weighted by Gasteiger charge is 2.10. The highest BCUT2D eigenvalue weighted by atomic mass is 19.1. The fourth-order valence-corrected chi connectivity index (χ4v) is 2.18. The molecule has 8 heteroatoms. The molecule has 0 unspecified atom stereocenters. The highest BCUT2D eigenvalue weighted by Crippen LogP contribution is 2.17. The molecule has 1 aromatic carbocycles. The monoisotopic (exact) mass is 327 g/mol. The molecule has 0 saturated heterocycles. The first-order chi connectivity index (χ1) is 11.5. The third-order valence-corrected chi connectivity index (χ3v) is 3.52. The Morgan fingerprint density at radius 1 is 1.12 bits per heavy atom. The molecule has 0 radical (unpaired) electrons. The van der Waals surface area contributed by atoms with E-state index in [4.69, 9.17) is 0 Å². The molecule has 7 nitrogen and oxygen atoms in total. The summed E-state index contributed by atoms with van der Waals surface area (Å²) in [7, 11) is 3.79. The summed E-state index contributed by atoms with van der Waals surface area (Å²) in [6, 6.07) is 6.11. The van der Waals surface area contributed by atoms with E-state index < -0.39 is 0 Å². The van der Waals surface area contributed by atoms with E-state index in [9.17, 15) is 4.39 Å². The molecule has 2 aromatic heterocycles. The topological polar surface area (TPSA) is 71.8 Å². The van der Waals surface area contributed by atoms with Gasteiger partial charge in [0.05, 0.1) is 11.4 Å². The summed E-state index contributed by atoms with van der Waals surface area (Å²) in [6.45, 7) is 2.44. The molecule has 124 valence electrons. The van der Waals surface area contributed by atoms with E-state index in [1.54, 1.807) is 29.2 Å². The first kappa shape index (κ1) is 15.9. The van der Waals surface area contributed by atoms with Gasteiger partial charge in [-0.05, 0) is 31.2 Å². The van der Waals surface area contributed by atoms with Crippen molar-refractivity contribution in [1.29, 1.82) is 0 Å². The minimum Gasteiger partial charge on any atom is -0.363 e. The molecule has 2 heterocycles. The number of rotatable bonds is 5. The lowest BCUT2D eigenvalue weighted by Crippen LogP contribution is -2.13. The molecule has 24 heavy (non-hydrogen) atoms. The van der Waals surface area contributed by atoms with Crippen molar-refractivity contribution in [3.8, 4) is 5.69 Å². The Balaban J connectivity index is 1.71. The molecular weight excluding hydrogens is 309 g/mol. The highest BCUT2D eigenvalue weighted by molar-refractivity contribution is 5.44.